The van der Waals surface area contributed by atoms with Crippen molar-refractivity contribution in [3.8, 4) is 11.5 Å². The van der Waals surface area contributed by atoms with E-state index in [2.05, 4.69) is 4.98 Å². The minimum Gasteiger partial charge on any atom is -0.456 e. The molecule has 1 aromatic heterocycles. The third-order valence-electron chi connectivity index (χ3n) is 4.03. The Bertz CT molecular complexity index is 950. The first kappa shape index (κ1) is 21.4. The van der Waals surface area contributed by atoms with Crippen LogP contribution in [0.2, 0.25) is 5.02 Å². The molecule has 0 spiro atoms. The highest BCUT2D eigenvalue weighted by Gasteiger charge is 2.39. The Hall–Kier alpha value is -2.35. The van der Waals surface area contributed by atoms with Crippen LogP contribution in [0.1, 0.15) is 61.1 Å². The lowest BCUT2D eigenvalue weighted by atomic mass is 10.1. The number of aromatic nitrogens is 1. The SMILES string of the molecule is CC(C)(C)OC(=O)c1cc(Cl)c(Oc2cnc(C3CC3)c(C(F)(F)F)c2)cc1F. The molecule has 0 N–H and O–H groups in total. The van der Waals surface area contributed by atoms with E-state index in [1.54, 1.807) is 20.8 Å². The number of esters is 1. The number of halogens is 5. The number of benzene rings is 1. The number of alkyl halides is 3. The molecule has 0 amide bonds. The van der Waals surface area contributed by atoms with Gasteiger partial charge in [-0.25, -0.2) is 9.18 Å². The molecule has 4 nitrogen and oxygen atoms in total. The second-order valence-corrected chi connectivity index (χ2v) is 8.15. The molecule has 0 saturated heterocycles. The van der Waals surface area contributed by atoms with Gasteiger partial charge in [-0.2, -0.15) is 13.2 Å². The molecule has 0 atom stereocenters. The van der Waals surface area contributed by atoms with Gasteiger partial charge < -0.3 is 9.47 Å². The van der Waals surface area contributed by atoms with Crippen LogP contribution < -0.4 is 4.74 Å². The lowest BCUT2D eigenvalue weighted by Gasteiger charge is -2.20. The lowest BCUT2D eigenvalue weighted by molar-refractivity contribution is -0.138. The summed E-state index contributed by atoms with van der Waals surface area (Å²) in [6, 6.07) is 2.65. The smallest absolute Gasteiger partial charge is 0.418 e. The van der Waals surface area contributed by atoms with Crippen LogP contribution in [0.5, 0.6) is 11.5 Å². The van der Waals surface area contributed by atoms with E-state index in [9.17, 15) is 22.4 Å². The van der Waals surface area contributed by atoms with E-state index in [4.69, 9.17) is 21.1 Å². The van der Waals surface area contributed by atoms with Crippen molar-refractivity contribution in [3.63, 3.8) is 0 Å². The number of rotatable bonds is 4. The summed E-state index contributed by atoms with van der Waals surface area (Å²) in [6.45, 7) is 4.87. The van der Waals surface area contributed by atoms with Crippen molar-refractivity contribution in [2.75, 3.05) is 0 Å². The first-order valence-corrected chi connectivity index (χ1v) is 9.20. The average molecular weight is 432 g/mol. The van der Waals surface area contributed by atoms with Crippen LogP contribution in [0.3, 0.4) is 0 Å². The lowest BCUT2D eigenvalue weighted by Crippen LogP contribution is -2.24. The van der Waals surface area contributed by atoms with E-state index in [1.165, 1.54) is 0 Å². The number of ether oxygens (including phenoxy) is 2. The molecule has 2 aromatic rings. The summed E-state index contributed by atoms with van der Waals surface area (Å²) >= 11 is 6.05. The van der Waals surface area contributed by atoms with Gasteiger partial charge >= 0.3 is 12.1 Å². The maximum absolute atomic E-state index is 14.4. The van der Waals surface area contributed by atoms with E-state index < -0.39 is 34.7 Å². The fraction of sp³-hybridized carbons (Fsp3) is 0.400. The maximum atomic E-state index is 14.4. The van der Waals surface area contributed by atoms with Crippen LogP contribution in [0.15, 0.2) is 24.4 Å². The molecule has 3 rings (SSSR count). The minimum atomic E-state index is -4.60. The van der Waals surface area contributed by atoms with Crippen LogP contribution in [0, 0.1) is 5.82 Å². The Morgan fingerprint density at radius 3 is 2.38 bits per heavy atom. The van der Waals surface area contributed by atoms with Gasteiger partial charge in [0.05, 0.1) is 28.0 Å². The van der Waals surface area contributed by atoms with Gasteiger partial charge in [0.1, 0.15) is 22.9 Å². The minimum absolute atomic E-state index is 0.0256. The van der Waals surface area contributed by atoms with E-state index in [1.807, 2.05) is 0 Å². The Morgan fingerprint density at radius 1 is 1.17 bits per heavy atom. The first-order valence-electron chi connectivity index (χ1n) is 8.82. The third-order valence-corrected chi connectivity index (χ3v) is 4.33. The van der Waals surface area contributed by atoms with E-state index >= 15 is 0 Å². The zero-order valence-corrected chi connectivity index (χ0v) is 16.6. The zero-order valence-electron chi connectivity index (χ0n) is 15.9. The monoisotopic (exact) mass is 431 g/mol. The van der Waals surface area contributed by atoms with Crippen molar-refractivity contribution in [1.82, 2.24) is 4.98 Å². The second kappa shape index (κ2) is 7.48. The first-order chi connectivity index (χ1) is 13.3. The normalized spacial score (nSPS) is 14.6. The average Bonchev–Trinajstić information content (AvgIpc) is 3.40. The van der Waals surface area contributed by atoms with Gasteiger partial charge in [0.2, 0.25) is 0 Å². The Kier molecular flexibility index (Phi) is 5.51. The van der Waals surface area contributed by atoms with Gasteiger partial charge in [-0.3, -0.25) is 4.98 Å². The Balaban J connectivity index is 1.89. The molecular weight excluding hydrogens is 414 g/mol. The molecule has 1 fully saturated rings. The van der Waals surface area contributed by atoms with Crippen molar-refractivity contribution in [2.24, 2.45) is 0 Å². The number of carbonyl (C=O) groups is 1. The molecule has 0 unspecified atom stereocenters. The Morgan fingerprint density at radius 2 is 1.83 bits per heavy atom. The van der Waals surface area contributed by atoms with Crippen LogP contribution in [0.4, 0.5) is 17.6 Å². The Labute approximate surface area is 169 Å². The van der Waals surface area contributed by atoms with E-state index in [0.717, 1.165) is 24.4 Å². The summed E-state index contributed by atoms with van der Waals surface area (Å²) in [5.74, 6) is -2.59. The van der Waals surface area contributed by atoms with Crippen molar-refractivity contribution in [2.45, 2.75) is 51.3 Å². The zero-order chi connectivity index (χ0) is 21.6. The molecule has 29 heavy (non-hydrogen) atoms. The van der Waals surface area contributed by atoms with Gasteiger partial charge in [-0.15, -0.1) is 0 Å². The van der Waals surface area contributed by atoms with Crippen LogP contribution in [0.25, 0.3) is 0 Å². The van der Waals surface area contributed by atoms with Gasteiger partial charge in [-0.1, -0.05) is 11.6 Å². The van der Waals surface area contributed by atoms with Crippen LogP contribution >= 0.6 is 11.6 Å². The number of nitrogens with zero attached hydrogens (tertiary/aromatic N) is 1. The molecule has 0 bridgehead atoms. The van der Waals surface area contributed by atoms with Gasteiger partial charge in [0, 0.05) is 12.0 Å². The number of hydrogen-bond donors (Lipinski definition) is 0. The van der Waals surface area contributed by atoms with Crippen LogP contribution in [-0.4, -0.2) is 16.6 Å². The molecule has 1 heterocycles. The quantitative estimate of drug-likeness (QED) is 0.408. The highest BCUT2D eigenvalue weighted by atomic mass is 35.5. The van der Waals surface area contributed by atoms with E-state index in [-0.39, 0.29) is 28.1 Å². The molecule has 1 aliphatic rings. The van der Waals surface area contributed by atoms with Crippen molar-refractivity contribution in [1.29, 1.82) is 0 Å². The fourth-order valence-electron chi connectivity index (χ4n) is 2.64. The topological polar surface area (TPSA) is 48.4 Å². The van der Waals surface area contributed by atoms with Gasteiger partial charge in [-0.05, 0) is 45.7 Å². The summed E-state index contributed by atoms with van der Waals surface area (Å²) in [5, 5.41) is -0.160. The highest BCUT2D eigenvalue weighted by molar-refractivity contribution is 6.32. The number of pyridine rings is 1. The van der Waals surface area contributed by atoms with Crippen molar-refractivity contribution >= 4 is 17.6 Å². The molecule has 1 aromatic carbocycles. The molecule has 0 aliphatic heterocycles. The summed E-state index contributed by atoms with van der Waals surface area (Å²) < 4.78 is 64.8. The summed E-state index contributed by atoms with van der Waals surface area (Å²) in [6.07, 6.45) is -2.16. The van der Waals surface area contributed by atoms with Gasteiger partial charge in [0.15, 0.2) is 0 Å². The molecular formula is C20H18ClF4NO3. The number of carbonyl (C=O) groups excluding carboxylic acids is 1. The highest BCUT2D eigenvalue weighted by Crippen LogP contribution is 2.46. The molecule has 0 radical (unpaired) electrons. The largest absolute Gasteiger partial charge is 0.456 e. The number of hydrogen-bond acceptors (Lipinski definition) is 4. The van der Waals surface area contributed by atoms with Crippen molar-refractivity contribution in [3.05, 3.63) is 52.1 Å². The molecule has 9 heteroatoms. The van der Waals surface area contributed by atoms with Crippen molar-refractivity contribution < 1.29 is 31.8 Å². The molecule has 1 saturated carbocycles. The fourth-order valence-corrected chi connectivity index (χ4v) is 2.85. The van der Waals surface area contributed by atoms with Gasteiger partial charge in [0.25, 0.3) is 0 Å². The predicted molar refractivity (Wildman–Crippen MR) is 97.9 cm³/mol. The maximum Gasteiger partial charge on any atom is 0.418 e. The molecule has 1 aliphatic carbocycles. The van der Waals surface area contributed by atoms with Crippen LogP contribution in [-0.2, 0) is 10.9 Å². The second-order valence-electron chi connectivity index (χ2n) is 7.74. The predicted octanol–water partition coefficient (Wildman–Crippen LogP) is 6.52. The van der Waals surface area contributed by atoms with E-state index in [0.29, 0.717) is 12.8 Å². The summed E-state index contributed by atoms with van der Waals surface area (Å²) in [7, 11) is 0. The molecule has 156 valence electrons. The standard InChI is InChI=1S/C20H18ClF4NO3/c1-19(2,3)29-18(27)12-7-14(21)16(8-15(12)22)28-11-6-13(20(23,24)25)17(26-9-11)10-4-5-10/h6-10H,4-5H2,1-3H3. The summed E-state index contributed by atoms with van der Waals surface area (Å²) in [4.78, 5) is 16.0. The third kappa shape index (κ3) is 5.18. The summed E-state index contributed by atoms with van der Waals surface area (Å²) in [5.41, 5.74) is -2.16.